The van der Waals surface area contributed by atoms with Crippen LogP contribution in [0.1, 0.15) is 28.8 Å². The highest BCUT2D eigenvalue weighted by Gasteiger charge is 2.17. The van der Waals surface area contributed by atoms with Gasteiger partial charge in [-0.25, -0.2) is 0 Å². The molecule has 1 amide bonds. The zero-order valence-electron chi connectivity index (χ0n) is 11.0. The topological polar surface area (TPSA) is 59.5 Å². The van der Waals surface area contributed by atoms with Crippen molar-refractivity contribution in [2.75, 3.05) is 6.54 Å². The van der Waals surface area contributed by atoms with Crippen LogP contribution in [0.3, 0.4) is 0 Å². The van der Waals surface area contributed by atoms with Gasteiger partial charge in [0.1, 0.15) is 5.76 Å². The summed E-state index contributed by atoms with van der Waals surface area (Å²) in [5, 5.41) is 0. The Bertz CT molecular complexity index is 534. The average Bonchev–Trinajstić information content (AvgIpc) is 2.94. The lowest BCUT2D eigenvalue weighted by Gasteiger charge is -2.19. The molecule has 1 aromatic carbocycles. The molecular weight excluding hydrogens is 240 g/mol. The minimum atomic E-state index is -0.106. The second-order valence-electron chi connectivity index (χ2n) is 4.28. The van der Waals surface area contributed by atoms with Gasteiger partial charge in [0.2, 0.25) is 0 Å². The van der Waals surface area contributed by atoms with Crippen molar-refractivity contribution in [3.8, 4) is 0 Å². The Morgan fingerprint density at radius 1 is 1.21 bits per heavy atom. The third-order valence-electron chi connectivity index (χ3n) is 2.96. The van der Waals surface area contributed by atoms with Crippen molar-refractivity contribution in [1.82, 2.24) is 4.90 Å². The minimum absolute atomic E-state index is 0.106. The van der Waals surface area contributed by atoms with Crippen LogP contribution >= 0.6 is 0 Å². The van der Waals surface area contributed by atoms with Crippen molar-refractivity contribution < 1.29 is 9.21 Å². The van der Waals surface area contributed by atoms with Crippen molar-refractivity contribution >= 4 is 5.91 Å². The Morgan fingerprint density at radius 2 is 1.95 bits per heavy atom. The van der Waals surface area contributed by atoms with Crippen LogP contribution in [0.2, 0.25) is 0 Å². The summed E-state index contributed by atoms with van der Waals surface area (Å²) in [5.41, 5.74) is 6.58. The third kappa shape index (κ3) is 3.23. The highest BCUT2D eigenvalue weighted by molar-refractivity contribution is 5.91. The molecule has 4 heteroatoms. The van der Waals surface area contributed by atoms with E-state index in [4.69, 9.17) is 10.2 Å². The van der Waals surface area contributed by atoms with Crippen LogP contribution in [0, 0.1) is 0 Å². The van der Waals surface area contributed by atoms with E-state index in [1.807, 2.05) is 37.3 Å². The first kappa shape index (κ1) is 13.4. The molecule has 0 spiro atoms. The number of hydrogen-bond donors (Lipinski definition) is 1. The van der Waals surface area contributed by atoms with E-state index < -0.39 is 0 Å². The molecule has 4 nitrogen and oxygen atoms in total. The number of nitrogens with two attached hydrogens (primary N) is 1. The van der Waals surface area contributed by atoms with E-state index >= 15 is 0 Å². The Hall–Kier alpha value is -2.07. The normalized spacial score (nSPS) is 10.4. The van der Waals surface area contributed by atoms with Crippen LogP contribution in [-0.4, -0.2) is 17.4 Å². The Balaban J connectivity index is 2.11. The largest absolute Gasteiger partial charge is 0.455 e. The van der Waals surface area contributed by atoms with Crippen molar-refractivity contribution in [2.24, 2.45) is 5.73 Å². The van der Waals surface area contributed by atoms with Gasteiger partial charge in [-0.2, -0.15) is 0 Å². The average molecular weight is 258 g/mol. The number of nitrogens with zero attached hydrogens (tertiary/aromatic N) is 1. The van der Waals surface area contributed by atoms with Gasteiger partial charge in [-0.15, -0.1) is 0 Å². The van der Waals surface area contributed by atoms with Gasteiger partial charge < -0.3 is 15.1 Å². The van der Waals surface area contributed by atoms with Crippen LogP contribution in [-0.2, 0) is 13.1 Å². The number of carbonyl (C=O) groups is 1. The Labute approximate surface area is 112 Å². The first-order chi connectivity index (χ1) is 9.24. The maximum Gasteiger partial charge on any atom is 0.289 e. The predicted molar refractivity (Wildman–Crippen MR) is 73.5 cm³/mol. The smallest absolute Gasteiger partial charge is 0.289 e. The molecule has 0 radical (unpaired) electrons. The summed E-state index contributed by atoms with van der Waals surface area (Å²) >= 11 is 0. The molecule has 0 bridgehead atoms. The van der Waals surface area contributed by atoms with Gasteiger partial charge >= 0.3 is 0 Å². The van der Waals surface area contributed by atoms with Gasteiger partial charge in [0.25, 0.3) is 5.91 Å². The molecule has 0 saturated heterocycles. The molecule has 0 aliphatic heterocycles. The zero-order chi connectivity index (χ0) is 13.7. The molecule has 1 aromatic heterocycles. The second-order valence-corrected chi connectivity index (χ2v) is 4.28. The summed E-state index contributed by atoms with van der Waals surface area (Å²) in [6, 6.07) is 13.3. The number of hydrogen-bond acceptors (Lipinski definition) is 3. The molecule has 0 fully saturated rings. The standard InChI is InChI=1S/C15H18N2O2/c1-2-17(11-12-6-4-3-5-7-12)15(18)14-9-8-13(10-16)19-14/h3-9H,2,10-11,16H2,1H3. The van der Waals surface area contributed by atoms with Crippen LogP contribution in [0.25, 0.3) is 0 Å². The van der Waals surface area contributed by atoms with Crippen LogP contribution in [0.15, 0.2) is 46.9 Å². The van der Waals surface area contributed by atoms with E-state index in [0.717, 1.165) is 5.56 Å². The van der Waals surface area contributed by atoms with Crippen LogP contribution < -0.4 is 5.73 Å². The molecular formula is C15H18N2O2. The predicted octanol–water partition coefficient (Wildman–Crippen LogP) is 2.40. The van der Waals surface area contributed by atoms with Crippen LogP contribution in [0.4, 0.5) is 0 Å². The number of rotatable bonds is 5. The van der Waals surface area contributed by atoms with E-state index in [0.29, 0.717) is 31.2 Å². The van der Waals surface area contributed by atoms with E-state index in [1.165, 1.54) is 0 Å². The summed E-state index contributed by atoms with van der Waals surface area (Å²) in [5.74, 6) is 0.864. The number of amides is 1. The SMILES string of the molecule is CCN(Cc1ccccc1)C(=O)c1ccc(CN)o1. The molecule has 1 heterocycles. The summed E-state index contributed by atoms with van der Waals surface area (Å²) < 4.78 is 5.40. The molecule has 2 N–H and O–H groups in total. The highest BCUT2D eigenvalue weighted by atomic mass is 16.4. The van der Waals surface area contributed by atoms with Crippen LogP contribution in [0.5, 0.6) is 0 Å². The van der Waals surface area contributed by atoms with Gasteiger partial charge in [0.15, 0.2) is 5.76 Å². The highest BCUT2D eigenvalue weighted by Crippen LogP contribution is 2.13. The maximum absolute atomic E-state index is 12.3. The fourth-order valence-electron chi connectivity index (χ4n) is 1.89. The molecule has 0 aliphatic rings. The maximum atomic E-state index is 12.3. The molecule has 19 heavy (non-hydrogen) atoms. The van der Waals surface area contributed by atoms with Crippen molar-refractivity contribution in [1.29, 1.82) is 0 Å². The van der Waals surface area contributed by atoms with Crippen molar-refractivity contribution in [2.45, 2.75) is 20.0 Å². The van der Waals surface area contributed by atoms with E-state index in [-0.39, 0.29) is 5.91 Å². The molecule has 100 valence electrons. The molecule has 2 aromatic rings. The van der Waals surface area contributed by atoms with Gasteiger partial charge in [0.05, 0.1) is 6.54 Å². The Kier molecular flexibility index (Phi) is 4.36. The van der Waals surface area contributed by atoms with Gasteiger partial charge in [0, 0.05) is 13.1 Å². The first-order valence-electron chi connectivity index (χ1n) is 6.36. The van der Waals surface area contributed by atoms with E-state index in [9.17, 15) is 4.79 Å². The summed E-state index contributed by atoms with van der Waals surface area (Å²) in [4.78, 5) is 14.0. The Morgan fingerprint density at radius 3 is 2.53 bits per heavy atom. The lowest BCUT2D eigenvalue weighted by molar-refractivity contribution is 0.0718. The zero-order valence-corrected chi connectivity index (χ0v) is 11.0. The van der Waals surface area contributed by atoms with Gasteiger partial charge in [-0.1, -0.05) is 30.3 Å². The molecule has 2 rings (SSSR count). The number of furan rings is 1. The molecule has 0 unspecified atom stereocenters. The number of carbonyl (C=O) groups excluding carboxylic acids is 1. The van der Waals surface area contributed by atoms with E-state index in [2.05, 4.69) is 0 Å². The first-order valence-corrected chi connectivity index (χ1v) is 6.36. The third-order valence-corrected chi connectivity index (χ3v) is 2.96. The molecule has 0 aliphatic carbocycles. The lowest BCUT2D eigenvalue weighted by Crippen LogP contribution is -2.30. The monoisotopic (exact) mass is 258 g/mol. The van der Waals surface area contributed by atoms with E-state index in [1.54, 1.807) is 17.0 Å². The second kappa shape index (κ2) is 6.20. The molecule has 0 saturated carbocycles. The molecule has 0 atom stereocenters. The summed E-state index contributed by atoms with van der Waals surface area (Å²) in [6.45, 7) is 3.47. The van der Waals surface area contributed by atoms with Crippen molar-refractivity contribution in [3.05, 3.63) is 59.5 Å². The van der Waals surface area contributed by atoms with Crippen molar-refractivity contribution in [3.63, 3.8) is 0 Å². The number of benzene rings is 1. The summed E-state index contributed by atoms with van der Waals surface area (Å²) in [6.07, 6.45) is 0. The van der Waals surface area contributed by atoms with Gasteiger partial charge in [-0.05, 0) is 24.6 Å². The lowest BCUT2D eigenvalue weighted by atomic mass is 10.2. The quantitative estimate of drug-likeness (QED) is 0.895. The fourth-order valence-corrected chi connectivity index (χ4v) is 1.89. The fraction of sp³-hybridized carbons (Fsp3) is 0.267. The summed E-state index contributed by atoms with van der Waals surface area (Å²) in [7, 11) is 0. The van der Waals surface area contributed by atoms with Gasteiger partial charge in [-0.3, -0.25) is 4.79 Å². The minimum Gasteiger partial charge on any atom is -0.455 e.